The Bertz CT molecular complexity index is 315. The quantitative estimate of drug-likeness (QED) is 0.274. The Labute approximate surface area is 117 Å². The van der Waals surface area contributed by atoms with Crippen LogP contribution in [0.3, 0.4) is 0 Å². The van der Waals surface area contributed by atoms with Gasteiger partial charge < -0.3 is 10.2 Å². The molecule has 0 bridgehead atoms. The minimum absolute atomic E-state index is 0. The fourth-order valence-electron chi connectivity index (χ4n) is 1.03. The van der Waals surface area contributed by atoms with Crippen LogP contribution in [0.5, 0.6) is 0 Å². The van der Waals surface area contributed by atoms with Crippen molar-refractivity contribution >= 4 is 11.9 Å². The third-order valence-electron chi connectivity index (χ3n) is 1.55. The summed E-state index contributed by atoms with van der Waals surface area (Å²) in [6.45, 7) is 0. The molecule has 0 spiro atoms. The van der Waals surface area contributed by atoms with Gasteiger partial charge in [-0.1, -0.05) is 12.1 Å². The van der Waals surface area contributed by atoms with E-state index in [1.165, 1.54) is 0 Å². The summed E-state index contributed by atoms with van der Waals surface area (Å²) in [4.78, 5) is 21.7. The number of benzene rings is 1. The van der Waals surface area contributed by atoms with Gasteiger partial charge in [-0.3, -0.25) is 0 Å². The van der Waals surface area contributed by atoms with Gasteiger partial charge in [0.15, 0.2) is 0 Å². The van der Waals surface area contributed by atoms with E-state index in [0.29, 0.717) is 11.1 Å². The second-order valence-corrected chi connectivity index (χ2v) is 2.22. The van der Waals surface area contributed by atoms with Crippen molar-refractivity contribution in [3.63, 3.8) is 0 Å². The number of esters is 2. The smallest absolute Gasteiger partial charge is 0.870 e. The molecule has 0 saturated carbocycles. The van der Waals surface area contributed by atoms with E-state index in [0.717, 1.165) is 0 Å². The number of cyclic esters (lactones) is 2. The normalized spacial score (nSPS) is 12.3. The maximum absolute atomic E-state index is 10.8. The summed E-state index contributed by atoms with van der Waals surface area (Å²) >= 11 is 0. The predicted octanol–water partition coefficient (Wildman–Crippen LogP) is -2.18. The van der Waals surface area contributed by atoms with Crippen molar-refractivity contribution in [3.05, 3.63) is 35.4 Å². The first-order chi connectivity index (χ1) is 5.29. The molecular formula is C8H5KO4. The van der Waals surface area contributed by atoms with Gasteiger partial charge in [-0.25, -0.2) is 9.59 Å². The van der Waals surface area contributed by atoms with E-state index in [-0.39, 0.29) is 56.9 Å². The number of carbonyl (C=O) groups excluding carboxylic acids is 2. The van der Waals surface area contributed by atoms with Gasteiger partial charge in [0, 0.05) is 0 Å². The van der Waals surface area contributed by atoms with Crippen molar-refractivity contribution in [2.45, 2.75) is 0 Å². The molecule has 1 aromatic rings. The average Bonchev–Trinajstić information content (AvgIpc) is 2.30. The maximum atomic E-state index is 10.8. The van der Waals surface area contributed by atoms with Crippen LogP contribution in [0, 0.1) is 0 Å². The van der Waals surface area contributed by atoms with E-state index in [1.54, 1.807) is 24.3 Å². The van der Waals surface area contributed by atoms with Crippen LogP contribution in [0.4, 0.5) is 0 Å². The number of fused-ring (bicyclic) bond motifs is 1. The molecule has 0 aliphatic carbocycles. The Balaban J connectivity index is 0.000000720. The molecule has 0 saturated heterocycles. The van der Waals surface area contributed by atoms with Crippen molar-refractivity contribution in [2.75, 3.05) is 0 Å². The van der Waals surface area contributed by atoms with Crippen LogP contribution in [0.25, 0.3) is 0 Å². The van der Waals surface area contributed by atoms with Gasteiger partial charge in [-0.2, -0.15) is 0 Å². The first-order valence-electron chi connectivity index (χ1n) is 3.14. The monoisotopic (exact) mass is 204 g/mol. The third kappa shape index (κ3) is 2.25. The molecular weight excluding hydrogens is 199 g/mol. The van der Waals surface area contributed by atoms with Crippen LogP contribution in [0.15, 0.2) is 24.3 Å². The van der Waals surface area contributed by atoms with Crippen LogP contribution < -0.4 is 51.4 Å². The van der Waals surface area contributed by atoms with Crippen molar-refractivity contribution < 1.29 is 71.2 Å². The third-order valence-corrected chi connectivity index (χ3v) is 1.55. The van der Waals surface area contributed by atoms with Crippen LogP contribution in [-0.2, 0) is 4.74 Å². The van der Waals surface area contributed by atoms with Crippen molar-refractivity contribution in [1.82, 2.24) is 0 Å². The summed E-state index contributed by atoms with van der Waals surface area (Å²) in [5.41, 5.74) is 0.718. The van der Waals surface area contributed by atoms with Crippen molar-refractivity contribution in [3.8, 4) is 0 Å². The van der Waals surface area contributed by atoms with E-state index in [4.69, 9.17) is 0 Å². The second kappa shape index (κ2) is 4.99. The minimum atomic E-state index is -0.550. The molecule has 0 aromatic heterocycles. The summed E-state index contributed by atoms with van der Waals surface area (Å²) in [6, 6.07) is 6.53. The van der Waals surface area contributed by atoms with Crippen LogP contribution in [0.2, 0.25) is 0 Å². The van der Waals surface area contributed by atoms with Gasteiger partial charge in [0.25, 0.3) is 0 Å². The summed E-state index contributed by atoms with van der Waals surface area (Å²) < 4.78 is 4.35. The van der Waals surface area contributed by atoms with Gasteiger partial charge >= 0.3 is 63.3 Å². The number of carbonyl (C=O) groups is 2. The van der Waals surface area contributed by atoms with E-state index in [1.807, 2.05) is 0 Å². The summed E-state index contributed by atoms with van der Waals surface area (Å²) in [6.07, 6.45) is 0. The van der Waals surface area contributed by atoms with E-state index in [2.05, 4.69) is 4.74 Å². The van der Waals surface area contributed by atoms with E-state index < -0.39 is 11.9 Å². The first-order valence-corrected chi connectivity index (χ1v) is 3.14. The zero-order valence-electron chi connectivity index (χ0n) is 6.98. The van der Waals surface area contributed by atoms with Gasteiger partial charge in [0.05, 0.1) is 11.1 Å². The van der Waals surface area contributed by atoms with Gasteiger partial charge in [-0.05, 0) is 12.1 Å². The standard InChI is InChI=1S/C8H4O3.K.H2O/c9-7-5-3-1-2-4-6(5)8(10)11-7;;/h1-4H;;1H2/q;+1;/p-1. The molecule has 1 aliphatic rings. The van der Waals surface area contributed by atoms with Gasteiger partial charge in [0.1, 0.15) is 0 Å². The number of rotatable bonds is 0. The molecule has 0 atom stereocenters. The summed E-state index contributed by atoms with van der Waals surface area (Å²) in [7, 11) is 0. The van der Waals surface area contributed by atoms with Gasteiger partial charge in [0.2, 0.25) is 0 Å². The zero-order valence-corrected chi connectivity index (χ0v) is 10.1. The zero-order chi connectivity index (χ0) is 7.84. The number of hydrogen-bond donors (Lipinski definition) is 0. The molecule has 1 aliphatic heterocycles. The van der Waals surface area contributed by atoms with E-state index >= 15 is 0 Å². The Hall–Kier alpha value is -0.0436. The van der Waals surface area contributed by atoms with Crippen LogP contribution >= 0.6 is 0 Å². The average molecular weight is 204 g/mol. The molecule has 0 amide bonds. The number of ether oxygens (including phenoxy) is 1. The van der Waals surface area contributed by atoms with Crippen molar-refractivity contribution in [1.29, 1.82) is 0 Å². The molecule has 13 heavy (non-hydrogen) atoms. The molecule has 4 nitrogen and oxygen atoms in total. The minimum Gasteiger partial charge on any atom is -0.870 e. The van der Waals surface area contributed by atoms with E-state index in [9.17, 15) is 9.59 Å². The fraction of sp³-hybridized carbons (Fsp3) is 0. The van der Waals surface area contributed by atoms with Gasteiger partial charge in [-0.15, -0.1) is 0 Å². The maximum Gasteiger partial charge on any atom is 1.00 e. The molecule has 5 heteroatoms. The predicted molar refractivity (Wildman–Crippen MR) is 38.1 cm³/mol. The SMILES string of the molecule is O=C1OC(=O)c2ccccc21.[K+].[OH-]. The largest absolute Gasteiger partial charge is 1.00 e. The Morgan fingerprint density at radius 1 is 0.923 bits per heavy atom. The molecule has 1 aromatic carbocycles. The molecule has 2 rings (SSSR count). The molecule has 1 N–H and O–H groups in total. The molecule has 0 fully saturated rings. The molecule has 1 heterocycles. The fourth-order valence-corrected chi connectivity index (χ4v) is 1.03. The van der Waals surface area contributed by atoms with Crippen molar-refractivity contribution in [2.24, 2.45) is 0 Å². The molecule has 0 unspecified atom stereocenters. The second-order valence-electron chi connectivity index (χ2n) is 2.22. The Morgan fingerprint density at radius 2 is 1.31 bits per heavy atom. The summed E-state index contributed by atoms with van der Waals surface area (Å²) in [5.74, 6) is -1.10. The topological polar surface area (TPSA) is 73.4 Å². The Kier molecular flexibility index (Phi) is 4.98. The molecule has 62 valence electrons. The molecule has 0 radical (unpaired) electrons. The van der Waals surface area contributed by atoms with Crippen LogP contribution in [-0.4, -0.2) is 17.4 Å². The Morgan fingerprint density at radius 3 is 1.69 bits per heavy atom. The number of hydrogen-bond acceptors (Lipinski definition) is 4. The first kappa shape index (κ1) is 13.0. The van der Waals surface area contributed by atoms with Crippen LogP contribution in [0.1, 0.15) is 20.7 Å². The summed E-state index contributed by atoms with van der Waals surface area (Å²) in [5, 5.41) is 0.